The predicted octanol–water partition coefficient (Wildman–Crippen LogP) is -2.24. The third kappa shape index (κ3) is 13.3. The van der Waals surface area contributed by atoms with Crippen LogP contribution in [0.2, 0.25) is 0 Å². The largest absolute Gasteiger partial charge is 0.497 e. The van der Waals surface area contributed by atoms with E-state index in [9.17, 15) is 91.3 Å². The standard InChI is InChI=1S/C69H102O31/c1-29-53(97-57-48(81)44(77)38(27-90-57)95-59-49(82)45(78)42(75)36(25-70)93-59)47(80)51(84)58(91-29)98-55-52(85)54(96-41(74)16-11-31-9-12-32(89-8)13-10-31)30(2)92-61(55)100-63(88)68-20-19-64(3,4)23-34(68)33-14-15-39-65(5)24-35(73)56(99-60-50(83)46(79)43(76)37(26-71)94-60)67(7,62(86)87)40(65)17-18-66(39,6)69(33,28-72)22-21-68/h9-14,16,29-30,34-40,42-61,70-73,75-85H,15,17-28H2,1-8H3,(H,86,87)/t29-,30+,34+,35+,36-,37-,38-,39-,40-,42+,43-,44+,45+,46+,47-,48-,49-,50-,51+,52-,53-,54-,55+,56+,57+,58-,59+,60+,61-,65-,66-,67+,68+,69+/m1/s1. The van der Waals surface area contributed by atoms with E-state index in [-0.39, 0.29) is 50.0 Å². The van der Waals surface area contributed by atoms with Crippen LogP contribution in [-0.2, 0) is 66.5 Å². The number of ether oxygens (including phenoxy) is 12. The molecule has 31 nitrogen and oxygen atoms in total. The normalized spacial score (nSPS) is 49.4. The first kappa shape index (κ1) is 77.1. The van der Waals surface area contributed by atoms with Crippen molar-refractivity contribution in [2.24, 2.45) is 50.2 Å². The molecule has 31 heteroatoms. The topological polar surface area (TPSA) is 486 Å². The molecule has 5 aliphatic carbocycles. The van der Waals surface area contributed by atoms with E-state index < -0.39 is 236 Å². The fourth-order valence-electron chi connectivity index (χ4n) is 19.0. The number of aliphatic hydroxyl groups excluding tert-OH is 15. The Morgan fingerprint density at radius 1 is 0.580 bits per heavy atom. The highest BCUT2D eigenvalue weighted by molar-refractivity contribution is 5.87. The van der Waals surface area contributed by atoms with E-state index in [4.69, 9.17) is 56.8 Å². The van der Waals surface area contributed by atoms with Gasteiger partial charge in [-0.25, -0.2) is 4.79 Å². The summed E-state index contributed by atoms with van der Waals surface area (Å²) in [6, 6.07) is 6.74. The van der Waals surface area contributed by atoms with Gasteiger partial charge in [-0.15, -0.1) is 0 Å². The fourth-order valence-corrected chi connectivity index (χ4v) is 19.0. The monoisotopic (exact) mass is 1430 g/mol. The van der Waals surface area contributed by atoms with E-state index in [1.165, 1.54) is 34.0 Å². The molecule has 5 saturated heterocycles. The molecule has 10 aliphatic rings. The van der Waals surface area contributed by atoms with Crippen LogP contribution in [0.1, 0.15) is 112 Å². The summed E-state index contributed by atoms with van der Waals surface area (Å²) >= 11 is 0. The maximum Gasteiger partial charge on any atom is 0.331 e. The molecule has 0 radical (unpaired) electrons. The van der Waals surface area contributed by atoms with Crippen molar-refractivity contribution >= 4 is 24.0 Å². The Morgan fingerprint density at radius 3 is 1.76 bits per heavy atom. The number of methoxy groups -OCH3 is 1. The summed E-state index contributed by atoms with van der Waals surface area (Å²) in [5.74, 6) is -4.07. The zero-order valence-corrected chi connectivity index (χ0v) is 57.3. The highest BCUT2D eigenvalue weighted by atomic mass is 16.8. The number of carboxylic acids is 1. The number of carbonyl (C=O) groups excluding carboxylic acids is 2. The molecule has 9 fully saturated rings. The summed E-state index contributed by atoms with van der Waals surface area (Å²) in [5, 5.41) is 177. The molecule has 5 aliphatic heterocycles. The predicted molar refractivity (Wildman–Crippen MR) is 337 cm³/mol. The van der Waals surface area contributed by atoms with Crippen LogP contribution in [0.4, 0.5) is 0 Å². The first-order chi connectivity index (χ1) is 47.1. The maximum absolute atomic E-state index is 15.9. The van der Waals surface area contributed by atoms with Gasteiger partial charge in [-0.2, -0.15) is 0 Å². The number of fused-ring (bicyclic) bond motifs is 7. The number of allylic oxidation sites excluding steroid dienone is 1. The maximum atomic E-state index is 15.9. The molecular weight excluding hydrogens is 1320 g/mol. The van der Waals surface area contributed by atoms with Crippen molar-refractivity contribution in [3.63, 3.8) is 0 Å². The van der Waals surface area contributed by atoms with Gasteiger partial charge < -0.3 is 139 Å². The number of aliphatic hydroxyl groups is 15. The molecule has 1 aromatic carbocycles. The molecule has 5 heterocycles. The van der Waals surface area contributed by atoms with Gasteiger partial charge in [0.1, 0.15) is 103 Å². The minimum Gasteiger partial charge on any atom is -0.497 e. The summed E-state index contributed by atoms with van der Waals surface area (Å²) in [7, 11) is 1.50. The number of benzene rings is 1. The van der Waals surface area contributed by atoms with Crippen molar-refractivity contribution in [3.8, 4) is 5.75 Å². The van der Waals surface area contributed by atoms with Crippen LogP contribution in [0.5, 0.6) is 5.75 Å². The summed E-state index contributed by atoms with van der Waals surface area (Å²) in [5.41, 5.74) is -4.89. The van der Waals surface area contributed by atoms with Crippen molar-refractivity contribution in [1.82, 2.24) is 0 Å². The van der Waals surface area contributed by atoms with E-state index in [1.807, 2.05) is 6.92 Å². The lowest BCUT2D eigenvalue weighted by molar-refractivity contribution is -0.378. The van der Waals surface area contributed by atoms with Gasteiger partial charge >= 0.3 is 17.9 Å². The Labute approximate surface area is 578 Å². The van der Waals surface area contributed by atoms with Gasteiger partial charge in [0.15, 0.2) is 37.4 Å². The molecule has 0 amide bonds. The van der Waals surface area contributed by atoms with E-state index >= 15 is 4.79 Å². The summed E-state index contributed by atoms with van der Waals surface area (Å²) in [4.78, 5) is 43.5. The van der Waals surface area contributed by atoms with Gasteiger partial charge in [-0.1, -0.05) is 51.5 Å². The molecule has 4 saturated carbocycles. The lowest BCUT2D eigenvalue weighted by Crippen LogP contribution is -2.71. The van der Waals surface area contributed by atoms with Crippen molar-refractivity contribution in [1.29, 1.82) is 0 Å². The van der Waals surface area contributed by atoms with Crippen LogP contribution in [0, 0.1) is 50.2 Å². The van der Waals surface area contributed by atoms with Gasteiger partial charge in [0.25, 0.3) is 0 Å². The van der Waals surface area contributed by atoms with Crippen molar-refractivity contribution in [2.45, 2.75) is 266 Å². The van der Waals surface area contributed by atoms with Crippen molar-refractivity contribution in [3.05, 3.63) is 47.6 Å². The minimum atomic E-state index is -2.07. The Morgan fingerprint density at radius 2 is 1.15 bits per heavy atom. The number of aliphatic carboxylic acids is 1. The number of carbonyl (C=O) groups is 3. The average molecular weight is 1430 g/mol. The number of hydrogen-bond acceptors (Lipinski definition) is 30. The molecule has 0 aromatic heterocycles. The molecule has 0 unspecified atom stereocenters. The molecular formula is C69H102O31. The third-order valence-corrected chi connectivity index (χ3v) is 24.9. The molecule has 564 valence electrons. The van der Waals surface area contributed by atoms with E-state index in [0.29, 0.717) is 37.0 Å². The smallest absolute Gasteiger partial charge is 0.331 e. The van der Waals surface area contributed by atoms with E-state index in [2.05, 4.69) is 26.8 Å². The summed E-state index contributed by atoms with van der Waals surface area (Å²) in [6.07, 6.45) is -36.7. The van der Waals surface area contributed by atoms with Crippen molar-refractivity contribution < 1.29 is 153 Å². The van der Waals surface area contributed by atoms with Crippen molar-refractivity contribution in [2.75, 3.05) is 33.5 Å². The van der Waals surface area contributed by atoms with Gasteiger partial charge in [-0.3, -0.25) is 9.59 Å². The summed E-state index contributed by atoms with van der Waals surface area (Å²) in [6.45, 7) is 10.1. The Hall–Kier alpha value is -4.05. The van der Waals surface area contributed by atoms with Gasteiger partial charge in [0.2, 0.25) is 6.29 Å². The second kappa shape index (κ2) is 29.4. The van der Waals surface area contributed by atoms with Gasteiger partial charge in [0.05, 0.1) is 62.7 Å². The quantitative estimate of drug-likeness (QED) is 0.0320. The number of esters is 2. The summed E-state index contributed by atoms with van der Waals surface area (Å²) < 4.78 is 71.1. The Balaban J connectivity index is 0.845. The first-order valence-electron chi connectivity index (χ1n) is 34.6. The molecule has 34 atom stereocenters. The lowest BCUT2D eigenvalue weighted by atomic mass is 9.33. The third-order valence-electron chi connectivity index (χ3n) is 24.9. The highest BCUT2D eigenvalue weighted by Crippen LogP contribution is 2.76. The Kier molecular flexibility index (Phi) is 22.6. The fraction of sp³-hybridized carbons (Fsp3) is 0.812. The van der Waals surface area contributed by atoms with E-state index in [0.717, 1.165) is 11.6 Å². The van der Waals surface area contributed by atoms with Crippen LogP contribution >= 0.6 is 0 Å². The number of carboxylic acid groups (broad SMARTS) is 1. The van der Waals surface area contributed by atoms with Gasteiger partial charge in [0, 0.05) is 11.5 Å². The van der Waals surface area contributed by atoms with Crippen LogP contribution < -0.4 is 4.74 Å². The van der Waals surface area contributed by atoms with Crippen LogP contribution in [0.15, 0.2) is 42.0 Å². The molecule has 11 rings (SSSR count). The number of hydrogen-bond donors (Lipinski definition) is 16. The molecule has 0 bridgehead atoms. The van der Waals surface area contributed by atoms with Gasteiger partial charge in [-0.05, 0) is 136 Å². The molecule has 0 spiro atoms. The molecule has 1 aromatic rings. The second-order valence-corrected chi connectivity index (χ2v) is 31.0. The SMILES string of the molecule is COc1ccc(C=CC(=O)O[C@H]2[C@@H](O)[C@H](O[C@H]3O[C@H](C)[C@@H](O[C@@H]4OC[C@@H](O[C@@H]5O[C@H](CO)[C@H](O)[C@H](O)[C@H]5O)[C@H](O)[C@H]4O)[C@H](O)[C@@H]3O)[C@@H](OC(=O)[C@]34CCC(C)(C)C[C@H]3C3=CC[C@@H]5[C@@]6(C)C[C@H](O)[C@H](O[C@@H]7O[C@H](CO)[C@@H](O)[C@H](O)[C@H]7O)[C@@](C)(C(=O)O)[C@@H]6CC[C@@]5(C)[C@]3(CO)CC4)O[C@H]2C)cc1. The number of rotatable bonds is 18. The van der Waals surface area contributed by atoms with E-state index in [1.54, 1.807) is 24.3 Å². The zero-order valence-electron chi connectivity index (χ0n) is 57.3. The minimum absolute atomic E-state index is 0.00740. The van der Waals surface area contributed by atoms with Crippen LogP contribution in [0.25, 0.3) is 6.08 Å². The zero-order chi connectivity index (χ0) is 72.8. The second-order valence-electron chi connectivity index (χ2n) is 31.0. The molecule has 16 N–H and O–H groups in total. The molecule has 100 heavy (non-hydrogen) atoms. The van der Waals surface area contributed by atoms with Crippen LogP contribution in [0.3, 0.4) is 0 Å². The average Bonchev–Trinajstić information content (AvgIpc) is 0.669. The highest BCUT2D eigenvalue weighted by Gasteiger charge is 2.74. The first-order valence-corrected chi connectivity index (χ1v) is 34.6. The van der Waals surface area contributed by atoms with Crippen LogP contribution in [-0.4, -0.2) is 293 Å². The lowest BCUT2D eigenvalue weighted by Gasteiger charge is -2.71. The Bertz CT molecular complexity index is 3100.